The van der Waals surface area contributed by atoms with Gasteiger partial charge in [-0.2, -0.15) is 0 Å². The molecule has 0 saturated heterocycles. The second-order valence-electron chi connectivity index (χ2n) is 5.30. The molecule has 126 valence electrons. The molecule has 1 N–H and O–H groups in total. The van der Waals surface area contributed by atoms with E-state index in [-0.39, 0.29) is 13.2 Å². The summed E-state index contributed by atoms with van der Waals surface area (Å²) in [5.41, 5.74) is 2.71. The minimum absolute atomic E-state index is 0.245. The van der Waals surface area contributed by atoms with Crippen LogP contribution in [0.3, 0.4) is 0 Å². The van der Waals surface area contributed by atoms with Gasteiger partial charge in [-0.15, -0.1) is 0 Å². The van der Waals surface area contributed by atoms with E-state index in [0.717, 1.165) is 15.6 Å². The predicted octanol–water partition coefficient (Wildman–Crippen LogP) is 3.63. The number of aryl methyl sites for hydroxylation is 2. The van der Waals surface area contributed by atoms with Crippen molar-refractivity contribution >= 4 is 33.5 Å². The van der Waals surface area contributed by atoms with Gasteiger partial charge in [-0.05, 0) is 65.2 Å². The van der Waals surface area contributed by atoms with Gasteiger partial charge in [0.1, 0.15) is 5.75 Å². The number of carbonyl (C=O) groups excluding carboxylic acids is 2. The lowest BCUT2D eigenvalue weighted by molar-refractivity contribution is -0.149. The number of carbonyl (C=O) groups is 2. The highest BCUT2D eigenvalue weighted by Gasteiger charge is 2.10. The summed E-state index contributed by atoms with van der Waals surface area (Å²) in [7, 11) is 0. The molecular formula is C18H18BrNO4. The van der Waals surface area contributed by atoms with Crippen LogP contribution in [0, 0.1) is 13.8 Å². The highest BCUT2D eigenvalue weighted by Crippen LogP contribution is 2.21. The quantitative estimate of drug-likeness (QED) is 0.763. The minimum Gasteiger partial charge on any atom is -0.482 e. The van der Waals surface area contributed by atoms with Crippen molar-refractivity contribution in [3.05, 3.63) is 58.1 Å². The van der Waals surface area contributed by atoms with Crippen LogP contribution < -0.4 is 10.1 Å². The molecular weight excluding hydrogens is 374 g/mol. The number of rotatable bonds is 6. The second-order valence-corrected chi connectivity index (χ2v) is 6.16. The standard InChI is InChI=1S/C18H18BrNO4/c1-12-7-13(2)9-14(8-12)23-11-18(22)24-10-17(21)20-16-6-4-3-5-15(16)19/h3-9H,10-11H2,1-2H3,(H,20,21). The van der Waals surface area contributed by atoms with E-state index in [0.29, 0.717) is 11.4 Å². The Morgan fingerprint density at radius 2 is 1.71 bits per heavy atom. The Morgan fingerprint density at radius 3 is 2.38 bits per heavy atom. The van der Waals surface area contributed by atoms with Gasteiger partial charge in [0.15, 0.2) is 13.2 Å². The van der Waals surface area contributed by atoms with Crippen LogP contribution in [-0.4, -0.2) is 25.1 Å². The van der Waals surface area contributed by atoms with Gasteiger partial charge < -0.3 is 14.8 Å². The molecule has 0 radical (unpaired) electrons. The van der Waals surface area contributed by atoms with Gasteiger partial charge in [-0.1, -0.05) is 18.2 Å². The van der Waals surface area contributed by atoms with Gasteiger partial charge in [0.2, 0.25) is 0 Å². The zero-order valence-corrected chi connectivity index (χ0v) is 15.1. The SMILES string of the molecule is Cc1cc(C)cc(OCC(=O)OCC(=O)Nc2ccccc2Br)c1. The first-order valence-corrected chi connectivity index (χ1v) is 8.14. The molecule has 24 heavy (non-hydrogen) atoms. The third-order valence-corrected chi connectivity index (χ3v) is 3.76. The lowest BCUT2D eigenvalue weighted by Crippen LogP contribution is -2.23. The zero-order chi connectivity index (χ0) is 17.5. The summed E-state index contributed by atoms with van der Waals surface area (Å²) in [5, 5.41) is 2.65. The summed E-state index contributed by atoms with van der Waals surface area (Å²) in [6.07, 6.45) is 0. The molecule has 2 aromatic carbocycles. The fourth-order valence-corrected chi connectivity index (χ4v) is 2.48. The first-order chi connectivity index (χ1) is 11.4. The smallest absolute Gasteiger partial charge is 0.344 e. The topological polar surface area (TPSA) is 64.6 Å². The van der Waals surface area contributed by atoms with Crippen LogP contribution >= 0.6 is 15.9 Å². The average Bonchev–Trinajstić information content (AvgIpc) is 2.52. The molecule has 5 nitrogen and oxygen atoms in total. The van der Waals surface area contributed by atoms with Gasteiger partial charge >= 0.3 is 5.97 Å². The number of ether oxygens (including phenoxy) is 2. The van der Waals surface area contributed by atoms with Crippen molar-refractivity contribution < 1.29 is 19.1 Å². The zero-order valence-electron chi connectivity index (χ0n) is 13.5. The molecule has 0 spiro atoms. The molecule has 0 bridgehead atoms. The van der Waals surface area contributed by atoms with Crippen molar-refractivity contribution in [2.24, 2.45) is 0 Å². The van der Waals surface area contributed by atoms with E-state index in [2.05, 4.69) is 21.2 Å². The first kappa shape index (κ1) is 18.0. The number of hydrogen-bond acceptors (Lipinski definition) is 4. The normalized spacial score (nSPS) is 10.1. The van der Waals surface area contributed by atoms with Crippen LogP contribution in [-0.2, 0) is 14.3 Å². The number of nitrogens with one attached hydrogen (secondary N) is 1. The fourth-order valence-electron chi connectivity index (χ4n) is 2.10. The van der Waals surface area contributed by atoms with Crippen LogP contribution in [0.25, 0.3) is 0 Å². The van der Waals surface area contributed by atoms with E-state index in [1.165, 1.54) is 0 Å². The van der Waals surface area contributed by atoms with Gasteiger partial charge in [-0.25, -0.2) is 4.79 Å². The number of benzene rings is 2. The number of para-hydroxylation sites is 1. The average molecular weight is 392 g/mol. The maximum absolute atomic E-state index is 11.8. The largest absolute Gasteiger partial charge is 0.482 e. The summed E-state index contributed by atoms with van der Waals surface area (Å²) in [4.78, 5) is 23.5. The van der Waals surface area contributed by atoms with Gasteiger partial charge in [0, 0.05) is 4.47 Å². The number of amides is 1. The van der Waals surface area contributed by atoms with E-state index in [4.69, 9.17) is 9.47 Å². The van der Waals surface area contributed by atoms with Crippen LogP contribution in [0.1, 0.15) is 11.1 Å². The molecule has 0 aliphatic carbocycles. The van der Waals surface area contributed by atoms with Gasteiger partial charge in [0.05, 0.1) is 5.69 Å². The van der Waals surface area contributed by atoms with Crippen molar-refractivity contribution in [1.29, 1.82) is 0 Å². The van der Waals surface area contributed by atoms with Crippen molar-refractivity contribution in [2.75, 3.05) is 18.5 Å². The van der Waals surface area contributed by atoms with E-state index < -0.39 is 11.9 Å². The predicted molar refractivity (Wildman–Crippen MR) is 95.1 cm³/mol. The molecule has 0 heterocycles. The van der Waals surface area contributed by atoms with Gasteiger partial charge in [0.25, 0.3) is 5.91 Å². The summed E-state index contributed by atoms with van der Waals surface area (Å²) >= 11 is 3.32. The van der Waals surface area contributed by atoms with Crippen molar-refractivity contribution in [3.8, 4) is 5.75 Å². The maximum Gasteiger partial charge on any atom is 0.344 e. The van der Waals surface area contributed by atoms with E-state index >= 15 is 0 Å². The molecule has 0 aromatic heterocycles. The highest BCUT2D eigenvalue weighted by molar-refractivity contribution is 9.10. The van der Waals surface area contributed by atoms with Crippen LogP contribution in [0.5, 0.6) is 5.75 Å². The Hall–Kier alpha value is -2.34. The third kappa shape index (κ3) is 5.70. The Bertz CT molecular complexity index is 725. The van der Waals surface area contributed by atoms with Crippen LogP contribution in [0.15, 0.2) is 46.9 Å². The summed E-state index contributed by atoms with van der Waals surface area (Å²) < 4.78 is 11.0. The molecule has 0 fully saturated rings. The molecule has 2 aromatic rings. The molecule has 6 heteroatoms. The summed E-state index contributed by atoms with van der Waals surface area (Å²) in [5.74, 6) is -0.416. The van der Waals surface area contributed by atoms with Crippen molar-refractivity contribution in [1.82, 2.24) is 0 Å². The molecule has 0 unspecified atom stereocenters. The summed E-state index contributed by atoms with van der Waals surface area (Å²) in [6, 6.07) is 12.9. The van der Waals surface area contributed by atoms with Gasteiger partial charge in [-0.3, -0.25) is 4.79 Å². The lowest BCUT2D eigenvalue weighted by Gasteiger charge is -2.09. The summed E-state index contributed by atoms with van der Waals surface area (Å²) in [6.45, 7) is 3.29. The number of hydrogen-bond donors (Lipinski definition) is 1. The fraction of sp³-hybridized carbons (Fsp3) is 0.222. The Kier molecular flexibility index (Phi) is 6.37. The number of anilines is 1. The molecule has 0 aliphatic heterocycles. The third-order valence-electron chi connectivity index (χ3n) is 3.06. The van der Waals surface area contributed by atoms with Crippen LogP contribution in [0.4, 0.5) is 5.69 Å². The molecule has 2 rings (SSSR count). The molecule has 0 saturated carbocycles. The number of halogens is 1. The Morgan fingerprint density at radius 1 is 1.04 bits per heavy atom. The van der Waals surface area contributed by atoms with Crippen LogP contribution in [0.2, 0.25) is 0 Å². The number of esters is 1. The molecule has 0 atom stereocenters. The highest BCUT2D eigenvalue weighted by atomic mass is 79.9. The molecule has 1 amide bonds. The van der Waals surface area contributed by atoms with Crippen molar-refractivity contribution in [3.63, 3.8) is 0 Å². The lowest BCUT2D eigenvalue weighted by atomic mass is 10.1. The monoisotopic (exact) mass is 391 g/mol. The Balaban J connectivity index is 1.76. The maximum atomic E-state index is 11.8. The minimum atomic E-state index is -0.601. The first-order valence-electron chi connectivity index (χ1n) is 7.35. The second kappa shape index (κ2) is 8.49. The van der Waals surface area contributed by atoms with E-state index in [1.807, 2.05) is 38.1 Å². The van der Waals surface area contributed by atoms with Crippen molar-refractivity contribution in [2.45, 2.75) is 13.8 Å². The Labute approximate surface area is 149 Å². The molecule has 0 aliphatic rings. The van der Waals surface area contributed by atoms with E-state index in [9.17, 15) is 9.59 Å². The van der Waals surface area contributed by atoms with E-state index in [1.54, 1.807) is 18.2 Å².